The molecular weight excluding hydrogens is 488 g/mol. The van der Waals surface area contributed by atoms with Crippen molar-refractivity contribution in [1.82, 2.24) is 4.57 Å². The fourth-order valence-corrected chi connectivity index (χ4v) is 6.06. The summed E-state index contributed by atoms with van der Waals surface area (Å²) in [5.41, 5.74) is 10.3. The number of aromatic nitrogens is 1. The molecule has 2 heterocycles. The number of hydrogen-bond donors (Lipinski definition) is 0. The maximum absolute atomic E-state index is 9.46. The lowest BCUT2D eigenvalue weighted by Crippen LogP contribution is -1.97. The first-order valence-electron chi connectivity index (χ1n) is 13.3. The zero-order valence-electron chi connectivity index (χ0n) is 21.5. The van der Waals surface area contributed by atoms with E-state index in [1.165, 1.54) is 21.8 Å². The van der Waals surface area contributed by atoms with Crippen LogP contribution in [0.25, 0.3) is 71.7 Å². The molecule has 186 valence electrons. The number of nitrogens with zero attached hydrogens (tertiary/aromatic N) is 2. The largest absolute Gasteiger partial charge is 0.456 e. The van der Waals surface area contributed by atoms with Gasteiger partial charge in [0.05, 0.1) is 28.4 Å². The van der Waals surface area contributed by atoms with Gasteiger partial charge in [0.1, 0.15) is 11.2 Å². The van der Waals surface area contributed by atoms with Crippen LogP contribution >= 0.6 is 0 Å². The lowest BCUT2D eigenvalue weighted by atomic mass is 9.92. The summed E-state index contributed by atoms with van der Waals surface area (Å²) in [6, 6.07) is 48.6. The van der Waals surface area contributed by atoms with E-state index in [9.17, 15) is 5.26 Å². The Morgan fingerprint density at radius 3 is 1.80 bits per heavy atom. The third-order valence-corrected chi connectivity index (χ3v) is 7.85. The van der Waals surface area contributed by atoms with Crippen molar-refractivity contribution in [2.75, 3.05) is 0 Å². The van der Waals surface area contributed by atoms with E-state index in [-0.39, 0.29) is 0 Å². The monoisotopic (exact) mass is 510 g/mol. The van der Waals surface area contributed by atoms with Crippen LogP contribution in [0.3, 0.4) is 0 Å². The molecule has 0 saturated heterocycles. The highest BCUT2D eigenvalue weighted by Gasteiger charge is 2.17. The molecule has 0 radical (unpaired) electrons. The van der Waals surface area contributed by atoms with Crippen LogP contribution < -0.4 is 0 Å². The molecule has 0 N–H and O–H groups in total. The number of rotatable bonds is 3. The molecular formula is C37H22N2O. The predicted octanol–water partition coefficient (Wildman–Crippen LogP) is 9.89. The zero-order chi connectivity index (χ0) is 26.6. The zero-order valence-corrected chi connectivity index (χ0v) is 21.5. The summed E-state index contributed by atoms with van der Waals surface area (Å²) in [7, 11) is 0. The Bertz CT molecular complexity index is 2240. The van der Waals surface area contributed by atoms with E-state index in [4.69, 9.17) is 4.42 Å². The van der Waals surface area contributed by atoms with Crippen molar-refractivity contribution >= 4 is 43.7 Å². The van der Waals surface area contributed by atoms with Crippen LogP contribution in [0.5, 0.6) is 0 Å². The van der Waals surface area contributed by atoms with Gasteiger partial charge in [-0.25, -0.2) is 0 Å². The third-order valence-electron chi connectivity index (χ3n) is 7.85. The number of furan rings is 1. The summed E-state index contributed by atoms with van der Waals surface area (Å²) in [6.45, 7) is 0. The molecule has 0 bridgehead atoms. The molecule has 8 rings (SSSR count). The first-order valence-corrected chi connectivity index (χ1v) is 13.3. The molecule has 0 aliphatic heterocycles. The topological polar surface area (TPSA) is 41.9 Å². The molecule has 6 aromatic carbocycles. The predicted molar refractivity (Wildman–Crippen MR) is 164 cm³/mol. The van der Waals surface area contributed by atoms with Gasteiger partial charge in [0.2, 0.25) is 0 Å². The fraction of sp³-hybridized carbons (Fsp3) is 0. The minimum Gasteiger partial charge on any atom is -0.456 e. The van der Waals surface area contributed by atoms with Crippen LogP contribution in [0.4, 0.5) is 0 Å². The average Bonchev–Trinajstić information content (AvgIpc) is 3.56. The summed E-state index contributed by atoms with van der Waals surface area (Å²) >= 11 is 0. The molecule has 0 aliphatic rings. The lowest BCUT2D eigenvalue weighted by Gasteiger charge is -2.17. The van der Waals surface area contributed by atoms with Crippen molar-refractivity contribution in [3.63, 3.8) is 0 Å². The Balaban J connectivity index is 1.38. The Labute approximate surface area is 230 Å². The van der Waals surface area contributed by atoms with Gasteiger partial charge in [-0.1, -0.05) is 84.9 Å². The Morgan fingerprint density at radius 2 is 1.07 bits per heavy atom. The maximum atomic E-state index is 9.46. The number of fused-ring (bicyclic) bond motifs is 6. The second-order valence-electron chi connectivity index (χ2n) is 10.1. The maximum Gasteiger partial charge on any atom is 0.135 e. The number of nitriles is 1. The highest BCUT2D eigenvalue weighted by molar-refractivity contribution is 6.10. The molecule has 40 heavy (non-hydrogen) atoms. The SMILES string of the molecule is N#Cc1ccc2oc3ccc(-c4ccccc4-c4ccccc4-n4c5ccccc5c5ccccc54)cc3c2c1. The van der Waals surface area contributed by atoms with Gasteiger partial charge in [0.25, 0.3) is 0 Å². The van der Waals surface area contributed by atoms with Gasteiger partial charge in [0.15, 0.2) is 0 Å². The standard InChI is InChI=1S/C37H22N2O/c38-23-24-17-19-36-31(21-24)32-22-25(18-20-37(32)40-36)26-9-1-2-10-27(26)28-11-3-6-14-33(28)39-34-15-7-4-12-29(34)30-13-5-8-16-35(30)39/h1-22H. The van der Waals surface area contributed by atoms with Crippen molar-refractivity contribution in [2.24, 2.45) is 0 Å². The van der Waals surface area contributed by atoms with E-state index in [0.717, 1.165) is 49.9 Å². The summed E-state index contributed by atoms with van der Waals surface area (Å²) in [5, 5.41) is 13.9. The van der Waals surface area contributed by atoms with E-state index in [0.29, 0.717) is 5.56 Å². The van der Waals surface area contributed by atoms with E-state index < -0.39 is 0 Å². The Kier molecular flexibility index (Phi) is 4.89. The summed E-state index contributed by atoms with van der Waals surface area (Å²) in [6.07, 6.45) is 0. The molecule has 0 saturated carbocycles. The first-order chi connectivity index (χ1) is 19.8. The van der Waals surface area contributed by atoms with E-state index in [2.05, 4.69) is 120 Å². The normalized spacial score (nSPS) is 11.5. The summed E-state index contributed by atoms with van der Waals surface area (Å²) < 4.78 is 8.48. The van der Waals surface area contributed by atoms with Gasteiger partial charge in [-0.2, -0.15) is 5.26 Å². The van der Waals surface area contributed by atoms with Crippen molar-refractivity contribution in [2.45, 2.75) is 0 Å². The summed E-state index contributed by atoms with van der Waals surface area (Å²) in [4.78, 5) is 0. The first kappa shape index (κ1) is 22.4. The van der Waals surface area contributed by atoms with Crippen LogP contribution in [0.15, 0.2) is 138 Å². The van der Waals surface area contributed by atoms with Crippen molar-refractivity contribution in [3.8, 4) is 34.0 Å². The second kappa shape index (κ2) is 8.73. The van der Waals surface area contributed by atoms with Gasteiger partial charge < -0.3 is 8.98 Å². The minimum atomic E-state index is 0.626. The minimum absolute atomic E-state index is 0.626. The van der Waals surface area contributed by atoms with Gasteiger partial charge in [0, 0.05) is 27.1 Å². The number of para-hydroxylation sites is 3. The van der Waals surface area contributed by atoms with Crippen molar-refractivity contribution in [1.29, 1.82) is 5.26 Å². The second-order valence-corrected chi connectivity index (χ2v) is 10.1. The van der Waals surface area contributed by atoms with Crippen molar-refractivity contribution < 1.29 is 4.42 Å². The van der Waals surface area contributed by atoms with Gasteiger partial charge in [-0.3, -0.25) is 0 Å². The van der Waals surface area contributed by atoms with E-state index >= 15 is 0 Å². The molecule has 0 spiro atoms. The van der Waals surface area contributed by atoms with Crippen LogP contribution in [-0.4, -0.2) is 4.57 Å². The molecule has 2 aromatic heterocycles. The number of benzene rings is 6. The molecule has 3 nitrogen and oxygen atoms in total. The van der Waals surface area contributed by atoms with Gasteiger partial charge >= 0.3 is 0 Å². The third kappa shape index (κ3) is 3.30. The lowest BCUT2D eigenvalue weighted by molar-refractivity contribution is 0.669. The number of hydrogen-bond acceptors (Lipinski definition) is 2. The summed E-state index contributed by atoms with van der Waals surface area (Å²) in [5.74, 6) is 0. The van der Waals surface area contributed by atoms with Gasteiger partial charge in [-0.15, -0.1) is 0 Å². The quantitative estimate of drug-likeness (QED) is 0.237. The van der Waals surface area contributed by atoms with Crippen LogP contribution in [0.1, 0.15) is 5.56 Å². The Hall–Kier alpha value is -5.59. The molecule has 0 fully saturated rings. The molecule has 3 heteroatoms. The highest BCUT2D eigenvalue weighted by atomic mass is 16.3. The molecule has 8 aromatic rings. The van der Waals surface area contributed by atoms with Gasteiger partial charge in [-0.05, 0) is 65.2 Å². The average molecular weight is 511 g/mol. The highest BCUT2D eigenvalue weighted by Crippen LogP contribution is 2.41. The molecule has 0 atom stereocenters. The Morgan fingerprint density at radius 1 is 0.500 bits per heavy atom. The molecule has 0 aliphatic carbocycles. The van der Waals surface area contributed by atoms with Crippen LogP contribution in [0, 0.1) is 11.3 Å². The fourth-order valence-electron chi connectivity index (χ4n) is 6.06. The van der Waals surface area contributed by atoms with Crippen LogP contribution in [-0.2, 0) is 0 Å². The van der Waals surface area contributed by atoms with Crippen LogP contribution in [0.2, 0.25) is 0 Å². The van der Waals surface area contributed by atoms with E-state index in [1.807, 2.05) is 18.2 Å². The van der Waals surface area contributed by atoms with E-state index in [1.54, 1.807) is 6.07 Å². The van der Waals surface area contributed by atoms with Crippen molar-refractivity contribution in [3.05, 3.63) is 139 Å². The molecule has 0 amide bonds. The molecule has 0 unspecified atom stereocenters. The smallest absolute Gasteiger partial charge is 0.135 e.